The van der Waals surface area contributed by atoms with E-state index in [-0.39, 0.29) is 12.1 Å². The van der Waals surface area contributed by atoms with Gasteiger partial charge in [0.25, 0.3) is 0 Å². The zero-order valence-corrected chi connectivity index (χ0v) is 14.4. The smallest absolute Gasteiger partial charge is 0.0658 e. The van der Waals surface area contributed by atoms with Crippen LogP contribution in [0.3, 0.4) is 0 Å². The van der Waals surface area contributed by atoms with Crippen LogP contribution >= 0.6 is 0 Å². The molecule has 1 aromatic rings. The first-order valence-electron chi connectivity index (χ1n) is 8.47. The monoisotopic (exact) mass is 309 g/mol. The standard InChI is InChI=1S/C17H31N3O2/c1-12(18-11-15-6-5-7-16(21)10-15)17-13(2)19-20(14(17)3)8-9-22-4/h12,15-16,18,21H,5-11H2,1-4H3. The molecule has 1 saturated carbocycles. The highest BCUT2D eigenvalue weighted by Crippen LogP contribution is 2.26. The molecule has 3 unspecified atom stereocenters. The molecule has 22 heavy (non-hydrogen) atoms. The maximum Gasteiger partial charge on any atom is 0.0658 e. The summed E-state index contributed by atoms with van der Waals surface area (Å²) in [7, 11) is 1.72. The molecule has 1 fully saturated rings. The Labute approximate surface area is 134 Å². The van der Waals surface area contributed by atoms with Crippen LogP contribution in [0, 0.1) is 19.8 Å². The van der Waals surface area contributed by atoms with Crippen molar-refractivity contribution in [2.45, 2.75) is 65.1 Å². The van der Waals surface area contributed by atoms with Crippen molar-refractivity contribution in [1.82, 2.24) is 15.1 Å². The van der Waals surface area contributed by atoms with Gasteiger partial charge in [0.2, 0.25) is 0 Å². The van der Waals surface area contributed by atoms with Gasteiger partial charge in [-0.1, -0.05) is 6.42 Å². The van der Waals surface area contributed by atoms with Gasteiger partial charge in [-0.3, -0.25) is 4.68 Å². The van der Waals surface area contributed by atoms with E-state index in [1.807, 2.05) is 4.68 Å². The van der Waals surface area contributed by atoms with Crippen LogP contribution in [0.4, 0.5) is 0 Å². The number of aromatic nitrogens is 2. The molecule has 1 heterocycles. The summed E-state index contributed by atoms with van der Waals surface area (Å²) in [6.45, 7) is 8.87. The molecule has 5 heteroatoms. The second-order valence-corrected chi connectivity index (χ2v) is 6.62. The highest BCUT2D eigenvalue weighted by Gasteiger charge is 2.22. The molecule has 2 rings (SSSR count). The molecule has 126 valence electrons. The van der Waals surface area contributed by atoms with Crippen LogP contribution in [0.1, 0.15) is 55.6 Å². The molecule has 0 saturated heterocycles. The van der Waals surface area contributed by atoms with Crippen LogP contribution in [0.15, 0.2) is 0 Å². The zero-order valence-electron chi connectivity index (χ0n) is 14.4. The van der Waals surface area contributed by atoms with Crippen molar-refractivity contribution in [2.75, 3.05) is 20.3 Å². The Balaban J connectivity index is 1.94. The van der Waals surface area contributed by atoms with Crippen molar-refractivity contribution in [3.8, 4) is 0 Å². The third-order valence-electron chi connectivity index (χ3n) is 4.85. The number of ether oxygens (including phenoxy) is 1. The maximum atomic E-state index is 9.78. The Morgan fingerprint density at radius 1 is 1.41 bits per heavy atom. The van der Waals surface area contributed by atoms with Crippen molar-refractivity contribution in [3.63, 3.8) is 0 Å². The zero-order chi connectivity index (χ0) is 16.1. The number of hydrogen-bond donors (Lipinski definition) is 2. The average Bonchev–Trinajstić information content (AvgIpc) is 2.77. The number of aliphatic hydroxyl groups excluding tert-OH is 1. The van der Waals surface area contributed by atoms with E-state index in [1.165, 1.54) is 17.7 Å². The van der Waals surface area contributed by atoms with E-state index < -0.39 is 0 Å². The minimum Gasteiger partial charge on any atom is -0.393 e. The molecule has 1 aliphatic rings. The van der Waals surface area contributed by atoms with Gasteiger partial charge in [-0.25, -0.2) is 0 Å². The summed E-state index contributed by atoms with van der Waals surface area (Å²) < 4.78 is 7.19. The fourth-order valence-corrected chi connectivity index (χ4v) is 3.63. The van der Waals surface area contributed by atoms with Crippen LogP contribution in [0.5, 0.6) is 0 Å². The van der Waals surface area contributed by atoms with Gasteiger partial charge in [0.05, 0.1) is 24.9 Å². The quantitative estimate of drug-likeness (QED) is 0.812. The van der Waals surface area contributed by atoms with E-state index in [2.05, 4.69) is 31.2 Å². The first kappa shape index (κ1) is 17.4. The Bertz CT molecular complexity index is 473. The summed E-state index contributed by atoms with van der Waals surface area (Å²) >= 11 is 0. The fourth-order valence-electron chi connectivity index (χ4n) is 3.63. The van der Waals surface area contributed by atoms with Crippen LogP contribution in [-0.2, 0) is 11.3 Å². The van der Waals surface area contributed by atoms with E-state index in [0.29, 0.717) is 12.5 Å². The highest BCUT2D eigenvalue weighted by molar-refractivity contribution is 5.27. The second-order valence-electron chi connectivity index (χ2n) is 6.62. The molecule has 0 amide bonds. The van der Waals surface area contributed by atoms with Crippen molar-refractivity contribution in [3.05, 3.63) is 17.0 Å². The summed E-state index contributed by atoms with van der Waals surface area (Å²) in [5.74, 6) is 0.593. The van der Waals surface area contributed by atoms with Crippen molar-refractivity contribution >= 4 is 0 Å². The van der Waals surface area contributed by atoms with E-state index in [9.17, 15) is 5.11 Å². The number of aryl methyl sites for hydroxylation is 1. The minimum absolute atomic E-state index is 0.101. The number of nitrogens with one attached hydrogen (secondary N) is 1. The van der Waals surface area contributed by atoms with Gasteiger partial charge in [-0.15, -0.1) is 0 Å². The third kappa shape index (κ3) is 4.31. The Morgan fingerprint density at radius 3 is 2.86 bits per heavy atom. The van der Waals surface area contributed by atoms with E-state index in [4.69, 9.17) is 4.74 Å². The van der Waals surface area contributed by atoms with Gasteiger partial charge in [0.15, 0.2) is 0 Å². The highest BCUT2D eigenvalue weighted by atomic mass is 16.5. The molecule has 0 spiro atoms. The lowest BCUT2D eigenvalue weighted by Crippen LogP contribution is -2.31. The van der Waals surface area contributed by atoms with Crippen molar-refractivity contribution in [1.29, 1.82) is 0 Å². The number of aliphatic hydroxyl groups is 1. The van der Waals surface area contributed by atoms with Gasteiger partial charge in [0.1, 0.15) is 0 Å². The largest absolute Gasteiger partial charge is 0.393 e. The summed E-state index contributed by atoms with van der Waals surface area (Å²) in [5.41, 5.74) is 3.61. The molecule has 0 aromatic carbocycles. The molecule has 0 radical (unpaired) electrons. The Morgan fingerprint density at radius 2 is 2.18 bits per heavy atom. The molecule has 0 bridgehead atoms. The Hall–Kier alpha value is -0.910. The molecule has 1 aliphatic carbocycles. The summed E-state index contributed by atoms with van der Waals surface area (Å²) in [4.78, 5) is 0. The predicted octanol–water partition coefficient (Wildman–Crippen LogP) is 2.35. The van der Waals surface area contributed by atoms with Gasteiger partial charge >= 0.3 is 0 Å². The van der Waals surface area contributed by atoms with E-state index in [1.54, 1.807) is 7.11 Å². The molecule has 3 atom stereocenters. The normalized spacial score (nSPS) is 23.7. The molecule has 0 aliphatic heterocycles. The van der Waals surface area contributed by atoms with Gasteiger partial charge < -0.3 is 15.2 Å². The van der Waals surface area contributed by atoms with Gasteiger partial charge in [-0.05, 0) is 52.5 Å². The Kier molecular flexibility index (Phi) is 6.41. The van der Waals surface area contributed by atoms with Crippen LogP contribution in [-0.4, -0.2) is 41.3 Å². The van der Waals surface area contributed by atoms with Gasteiger partial charge in [-0.2, -0.15) is 5.10 Å². The molecule has 1 aromatic heterocycles. The average molecular weight is 309 g/mol. The topological polar surface area (TPSA) is 59.3 Å². The molecular weight excluding hydrogens is 278 g/mol. The molecule has 5 nitrogen and oxygen atoms in total. The summed E-state index contributed by atoms with van der Waals surface area (Å²) in [5, 5.41) is 18.1. The summed E-state index contributed by atoms with van der Waals surface area (Å²) in [6.07, 6.45) is 4.18. The lowest BCUT2D eigenvalue weighted by atomic mass is 9.87. The van der Waals surface area contributed by atoms with Crippen molar-refractivity contribution < 1.29 is 9.84 Å². The van der Waals surface area contributed by atoms with Crippen LogP contribution < -0.4 is 5.32 Å². The third-order valence-corrected chi connectivity index (χ3v) is 4.85. The maximum absolute atomic E-state index is 9.78. The van der Waals surface area contributed by atoms with E-state index >= 15 is 0 Å². The number of rotatable bonds is 7. The lowest BCUT2D eigenvalue weighted by Gasteiger charge is -2.27. The first-order chi connectivity index (χ1) is 10.5. The van der Waals surface area contributed by atoms with Crippen LogP contribution in [0.2, 0.25) is 0 Å². The second kappa shape index (κ2) is 8.09. The predicted molar refractivity (Wildman–Crippen MR) is 88.0 cm³/mol. The molecule has 2 N–H and O–H groups in total. The number of nitrogens with zero attached hydrogens (tertiary/aromatic N) is 2. The number of methoxy groups -OCH3 is 1. The minimum atomic E-state index is -0.101. The number of hydrogen-bond acceptors (Lipinski definition) is 4. The SMILES string of the molecule is COCCn1nc(C)c(C(C)NCC2CCCC(O)C2)c1C. The first-order valence-corrected chi connectivity index (χ1v) is 8.47. The van der Waals surface area contributed by atoms with Crippen molar-refractivity contribution in [2.24, 2.45) is 5.92 Å². The van der Waals surface area contributed by atoms with Crippen LogP contribution in [0.25, 0.3) is 0 Å². The summed E-state index contributed by atoms with van der Waals surface area (Å²) in [6, 6.07) is 0.287. The van der Waals surface area contributed by atoms with Gasteiger partial charge in [0, 0.05) is 24.4 Å². The lowest BCUT2D eigenvalue weighted by molar-refractivity contribution is 0.0998. The molecular formula is C17H31N3O2. The van der Waals surface area contributed by atoms with E-state index in [0.717, 1.165) is 38.0 Å². The fraction of sp³-hybridized carbons (Fsp3) is 0.824.